The fourth-order valence-electron chi connectivity index (χ4n) is 2.96. The summed E-state index contributed by atoms with van der Waals surface area (Å²) in [7, 11) is -1.50. The molecule has 1 fully saturated rings. The number of ether oxygens (including phenoxy) is 1. The minimum Gasteiger partial charge on any atom is -0.496 e. The fraction of sp³-hybridized carbons (Fsp3) is 0.600. The van der Waals surface area contributed by atoms with Crippen LogP contribution >= 0.6 is 11.6 Å². The Morgan fingerprint density at radius 3 is 2.81 bits per heavy atom. The second kappa shape index (κ2) is 6.99. The first kappa shape index (κ1) is 16.6. The number of methoxy groups -OCH3 is 1. The Morgan fingerprint density at radius 2 is 2.19 bits per heavy atom. The lowest BCUT2D eigenvalue weighted by atomic mass is 9.98. The molecule has 0 amide bonds. The summed E-state index contributed by atoms with van der Waals surface area (Å²) < 4.78 is 30.3. The van der Waals surface area contributed by atoms with Gasteiger partial charge in [0.05, 0.1) is 24.2 Å². The zero-order chi connectivity index (χ0) is 15.5. The summed E-state index contributed by atoms with van der Waals surface area (Å²) in [5, 5.41) is 3.48. The van der Waals surface area contributed by atoms with Crippen molar-refractivity contribution in [1.29, 1.82) is 0 Å². The lowest BCUT2D eigenvalue weighted by Crippen LogP contribution is -2.40. The molecular formula is C15H22ClNO3S. The highest BCUT2D eigenvalue weighted by atomic mass is 35.5. The summed E-state index contributed by atoms with van der Waals surface area (Å²) in [6.45, 7) is 2.66. The van der Waals surface area contributed by atoms with Gasteiger partial charge < -0.3 is 10.1 Å². The molecule has 118 valence electrons. The van der Waals surface area contributed by atoms with Crippen molar-refractivity contribution in [3.8, 4) is 5.75 Å². The highest BCUT2D eigenvalue weighted by molar-refractivity contribution is 7.92. The van der Waals surface area contributed by atoms with E-state index in [-0.39, 0.29) is 11.8 Å². The molecule has 1 heterocycles. The average Bonchev–Trinajstić information content (AvgIpc) is 2.45. The summed E-state index contributed by atoms with van der Waals surface area (Å²) in [5.74, 6) is 0.939. The van der Waals surface area contributed by atoms with E-state index in [2.05, 4.69) is 5.32 Å². The molecule has 0 bridgehead atoms. The van der Waals surface area contributed by atoms with Crippen LogP contribution in [0.15, 0.2) is 18.2 Å². The lowest BCUT2D eigenvalue weighted by Gasteiger charge is -2.31. The maximum absolute atomic E-state index is 12.4. The maximum Gasteiger partial charge on any atom is 0.155 e. The van der Waals surface area contributed by atoms with Crippen LogP contribution in [0.1, 0.15) is 37.8 Å². The largest absolute Gasteiger partial charge is 0.496 e. The molecule has 21 heavy (non-hydrogen) atoms. The van der Waals surface area contributed by atoms with Gasteiger partial charge in [0, 0.05) is 10.6 Å². The van der Waals surface area contributed by atoms with Crippen LogP contribution in [0.4, 0.5) is 0 Å². The number of halogens is 1. The molecule has 6 heteroatoms. The summed E-state index contributed by atoms with van der Waals surface area (Å²) in [5.41, 5.74) is 0.822. The van der Waals surface area contributed by atoms with E-state index in [1.165, 1.54) is 0 Å². The molecule has 1 aliphatic rings. The molecular weight excluding hydrogens is 310 g/mol. The SMILES string of the molecule is CCNC(c1cc(Cl)ccc1OC)C1CCCCS1(=O)=O. The van der Waals surface area contributed by atoms with Crippen LogP contribution in [0.3, 0.4) is 0 Å². The average molecular weight is 332 g/mol. The zero-order valence-electron chi connectivity index (χ0n) is 12.4. The number of sulfone groups is 1. The Morgan fingerprint density at radius 1 is 1.43 bits per heavy atom. The quantitative estimate of drug-likeness (QED) is 0.901. The van der Waals surface area contributed by atoms with E-state index in [0.29, 0.717) is 23.7 Å². The second-order valence-electron chi connectivity index (χ2n) is 5.32. The smallest absolute Gasteiger partial charge is 0.155 e. The van der Waals surface area contributed by atoms with Crippen molar-refractivity contribution < 1.29 is 13.2 Å². The van der Waals surface area contributed by atoms with Gasteiger partial charge in [-0.25, -0.2) is 8.42 Å². The molecule has 0 spiro atoms. The third-order valence-corrected chi connectivity index (χ3v) is 6.47. The van der Waals surface area contributed by atoms with Crippen LogP contribution in [0.25, 0.3) is 0 Å². The predicted molar refractivity (Wildman–Crippen MR) is 85.8 cm³/mol. The van der Waals surface area contributed by atoms with Crippen LogP contribution in [0, 0.1) is 0 Å². The highest BCUT2D eigenvalue weighted by Crippen LogP contribution is 2.36. The van der Waals surface area contributed by atoms with Crippen molar-refractivity contribution >= 4 is 21.4 Å². The molecule has 0 saturated carbocycles. The van der Waals surface area contributed by atoms with Crippen molar-refractivity contribution in [2.24, 2.45) is 0 Å². The first-order valence-corrected chi connectivity index (χ1v) is 9.37. The van der Waals surface area contributed by atoms with Gasteiger partial charge in [-0.05, 0) is 37.6 Å². The third-order valence-electron chi connectivity index (χ3n) is 3.95. The van der Waals surface area contributed by atoms with E-state index >= 15 is 0 Å². The Kier molecular flexibility index (Phi) is 5.52. The number of rotatable bonds is 5. The minimum absolute atomic E-state index is 0.266. The van der Waals surface area contributed by atoms with Gasteiger partial charge in [0.1, 0.15) is 5.75 Å². The number of nitrogens with one attached hydrogen (secondary N) is 1. The molecule has 1 aromatic carbocycles. The van der Waals surface area contributed by atoms with Gasteiger partial charge in [-0.3, -0.25) is 0 Å². The van der Waals surface area contributed by atoms with Crippen molar-refractivity contribution in [1.82, 2.24) is 5.32 Å². The minimum atomic E-state index is -3.09. The summed E-state index contributed by atoms with van der Waals surface area (Å²) in [4.78, 5) is 0. The van der Waals surface area contributed by atoms with Crippen molar-refractivity contribution in [3.05, 3.63) is 28.8 Å². The Balaban J connectivity index is 2.45. The van der Waals surface area contributed by atoms with E-state index in [1.54, 1.807) is 25.3 Å². The molecule has 1 saturated heterocycles. The van der Waals surface area contributed by atoms with E-state index < -0.39 is 15.1 Å². The van der Waals surface area contributed by atoms with Gasteiger partial charge in [0.25, 0.3) is 0 Å². The van der Waals surface area contributed by atoms with Gasteiger partial charge in [-0.15, -0.1) is 0 Å². The second-order valence-corrected chi connectivity index (χ2v) is 8.10. The number of benzene rings is 1. The molecule has 2 unspecified atom stereocenters. The van der Waals surface area contributed by atoms with Crippen LogP contribution < -0.4 is 10.1 Å². The summed E-state index contributed by atoms with van der Waals surface area (Å²) in [6.07, 6.45) is 2.37. The van der Waals surface area contributed by atoms with Crippen molar-refractivity contribution in [3.63, 3.8) is 0 Å². The normalized spacial score (nSPS) is 22.7. The Bertz CT molecular complexity index is 589. The van der Waals surface area contributed by atoms with Gasteiger partial charge in [-0.1, -0.05) is 24.9 Å². The van der Waals surface area contributed by atoms with E-state index in [4.69, 9.17) is 16.3 Å². The monoisotopic (exact) mass is 331 g/mol. The Labute approximate surface area is 131 Å². The molecule has 0 aromatic heterocycles. The van der Waals surface area contributed by atoms with Crippen LogP contribution in [-0.4, -0.2) is 33.1 Å². The van der Waals surface area contributed by atoms with Crippen molar-refractivity contribution in [2.45, 2.75) is 37.5 Å². The van der Waals surface area contributed by atoms with Crippen LogP contribution in [-0.2, 0) is 9.84 Å². The molecule has 0 aliphatic carbocycles. The first-order valence-electron chi connectivity index (χ1n) is 7.28. The van der Waals surface area contributed by atoms with Gasteiger partial charge in [0.2, 0.25) is 0 Å². The molecule has 1 N–H and O–H groups in total. The summed E-state index contributed by atoms with van der Waals surface area (Å²) in [6, 6.07) is 5.06. The zero-order valence-corrected chi connectivity index (χ0v) is 14.0. The van der Waals surface area contributed by atoms with Crippen LogP contribution in [0.5, 0.6) is 5.75 Å². The van der Waals surface area contributed by atoms with E-state index in [9.17, 15) is 8.42 Å². The molecule has 2 atom stereocenters. The topological polar surface area (TPSA) is 55.4 Å². The van der Waals surface area contributed by atoms with Crippen molar-refractivity contribution in [2.75, 3.05) is 19.4 Å². The number of hydrogen-bond donors (Lipinski definition) is 1. The van der Waals surface area contributed by atoms with Crippen LogP contribution in [0.2, 0.25) is 5.02 Å². The molecule has 2 rings (SSSR count). The molecule has 4 nitrogen and oxygen atoms in total. The fourth-order valence-corrected chi connectivity index (χ4v) is 5.24. The van der Waals surface area contributed by atoms with Gasteiger partial charge >= 0.3 is 0 Å². The number of hydrogen-bond acceptors (Lipinski definition) is 4. The lowest BCUT2D eigenvalue weighted by molar-refractivity contribution is 0.390. The standard InChI is InChI=1S/C15H22ClNO3S/c1-3-17-15(14-6-4-5-9-21(14,18)19)12-10-11(16)7-8-13(12)20-2/h7-8,10,14-15,17H,3-6,9H2,1-2H3. The van der Waals surface area contributed by atoms with Gasteiger partial charge in [0.15, 0.2) is 9.84 Å². The van der Waals surface area contributed by atoms with E-state index in [0.717, 1.165) is 18.4 Å². The highest BCUT2D eigenvalue weighted by Gasteiger charge is 2.37. The van der Waals surface area contributed by atoms with Gasteiger partial charge in [-0.2, -0.15) is 0 Å². The third kappa shape index (κ3) is 3.71. The predicted octanol–water partition coefficient (Wildman–Crippen LogP) is 2.97. The molecule has 1 aliphatic heterocycles. The molecule has 0 radical (unpaired) electrons. The van der Waals surface area contributed by atoms with E-state index in [1.807, 2.05) is 6.92 Å². The maximum atomic E-state index is 12.4. The Hall–Kier alpha value is -0.780. The molecule has 1 aromatic rings. The first-order chi connectivity index (χ1) is 9.99. The summed E-state index contributed by atoms with van der Waals surface area (Å²) >= 11 is 6.10.